The summed E-state index contributed by atoms with van der Waals surface area (Å²) in [5, 5.41) is 0. The number of nitrogens with two attached hydrogens (primary N) is 1. The fourth-order valence-corrected chi connectivity index (χ4v) is 1.91. The smallest absolute Gasteiger partial charge is 0.0313 e. The summed E-state index contributed by atoms with van der Waals surface area (Å²) >= 11 is 0. The average molecular weight is 578 g/mol. The van der Waals surface area contributed by atoms with Crippen molar-refractivity contribution in [1.82, 2.24) is 0 Å². The molecule has 1 nitrogen and oxygen atoms in total. The van der Waals surface area contributed by atoms with Crippen molar-refractivity contribution in [2.45, 2.75) is 116 Å². The molecule has 4 aromatic rings. The van der Waals surface area contributed by atoms with Crippen LogP contribution in [0.4, 0.5) is 5.69 Å². The van der Waals surface area contributed by atoms with Gasteiger partial charge < -0.3 is 5.73 Å². The second-order valence-electron chi connectivity index (χ2n) is 8.00. The second-order valence-corrected chi connectivity index (χ2v) is 8.00. The Bertz CT molecular complexity index is 708. The zero-order chi connectivity index (χ0) is 33.7. The first-order valence-electron chi connectivity index (χ1n) is 16.3. The molecule has 4 aromatic carbocycles. The number of nitrogen functional groups attached to an aromatic ring is 1. The lowest BCUT2D eigenvalue weighted by atomic mass is 10.2. The molecule has 0 saturated heterocycles. The van der Waals surface area contributed by atoms with Crippen molar-refractivity contribution in [1.29, 1.82) is 0 Å². The minimum atomic E-state index is 0.822. The molecular weight excluding hydrogens is 506 g/mol. The zero-order valence-electron chi connectivity index (χ0n) is 30.3. The van der Waals surface area contributed by atoms with Crippen LogP contribution in [0.3, 0.4) is 0 Å². The number of para-hydroxylation sites is 1. The fraction of sp³-hybridized carbons (Fsp3) is 0.415. The van der Waals surface area contributed by atoms with Crippen LogP contribution in [0.25, 0.3) is 0 Å². The molecule has 0 unspecified atom stereocenters. The van der Waals surface area contributed by atoms with E-state index < -0.39 is 0 Å². The Hall–Kier alpha value is -3.32. The molecule has 0 aliphatic carbocycles. The van der Waals surface area contributed by atoms with Gasteiger partial charge in [-0.05, 0) is 26.0 Å². The van der Waals surface area contributed by atoms with Gasteiger partial charge in [0.15, 0.2) is 0 Å². The number of benzene rings is 4. The van der Waals surface area contributed by atoms with Crippen LogP contribution in [0.5, 0.6) is 0 Å². The lowest BCUT2D eigenvalue weighted by Crippen LogP contribution is -1.79. The van der Waals surface area contributed by atoms with Gasteiger partial charge in [-0.1, -0.05) is 229 Å². The minimum Gasteiger partial charge on any atom is -0.399 e. The van der Waals surface area contributed by atoms with E-state index in [1.54, 1.807) is 0 Å². The molecule has 0 heterocycles. The van der Waals surface area contributed by atoms with E-state index in [-0.39, 0.29) is 0 Å². The summed E-state index contributed by atoms with van der Waals surface area (Å²) in [4.78, 5) is 0. The van der Waals surface area contributed by atoms with Gasteiger partial charge in [-0.15, -0.1) is 0 Å². The van der Waals surface area contributed by atoms with Gasteiger partial charge in [0.1, 0.15) is 0 Å². The number of anilines is 1. The van der Waals surface area contributed by atoms with Crippen molar-refractivity contribution in [2.75, 3.05) is 5.73 Å². The standard InChI is InChI=1S/2C7H8.C6H7N.C6H6.3C3H8.3C2H6/c2*1-7-5-3-2-4-6-7;7-6-4-2-1-3-5-6;1-2-4-6-5-3-1;3*1-3-2;3*1-2/h2*2-6H,1H3;1-5H,7H2;1-6H;3*3H2,1-2H3;3*1-2H3. The molecular formula is C41H71N. The minimum absolute atomic E-state index is 0.822. The van der Waals surface area contributed by atoms with Crippen LogP contribution in [-0.2, 0) is 0 Å². The van der Waals surface area contributed by atoms with Crippen LogP contribution in [0.1, 0.15) is 113 Å². The molecule has 0 fully saturated rings. The molecule has 0 atom stereocenters. The van der Waals surface area contributed by atoms with E-state index in [9.17, 15) is 0 Å². The quantitative estimate of drug-likeness (QED) is 0.207. The Morgan fingerprint density at radius 2 is 0.476 bits per heavy atom. The molecule has 240 valence electrons. The average Bonchev–Trinajstić information content (AvgIpc) is 3.04. The third-order valence-corrected chi connectivity index (χ3v) is 3.35. The predicted molar refractivity (Wildman–Crippen MR) is 202 cm³/mol. The topological polar surface area (TPSA) is 26.0 Å². The SMILES string of the molecule is CC.CC.CC.CCC.CCC.CCC.Cc1ccccc1.Cc1ccccc1.Nc1ccccc1.c1ccccc1. The first-order valence-corrected chi connectivity index (χ1v) is 16.3. The second kappa shape index (κ2) is 57.5. The summed E-state index contributed by atoms with van der Waals surface area (Å²) in [5.74, 6) is 0. The highest BCUT2D eigenvalue weighted by molar-refractivity contribution is 5.35. The number of hydrogen-bond acceptors (Lipinski definition) is 1. The lowest BCUT2D eigenvalue weighted by Gasteiger charge is -1.83. The highest BCUT2D eigenvalue weighted by Crippen LogP contribution is 1.96. The van der Waals surface area contributed by atoms with Crippen molar-refractivity contribution in [3.05, 3.63) is 139 Å². The van der Waals surface area contributed by atoms with Crippen molar-refractivity contribution in [3.63, 3.8) is 0 Å². The third kappa shape index (κ3) is 65.6. The molecule has 0 bridgehead atoms. The fourth-order valence-electron chi connectivity index (χ4n) is 1.91. The molecule has 0 aliphatic heterocycles. The number of aryl methyl sites for hydroxylation is 2. The van der Waals surface area contributed by atoms with Crippen LogP contribution in [0, 0.1) is 13.8 Å². The van der Waals surface area contributed by atoms with E-state index in [4.69, 9.17) is 5.73 Å². The van der Waals surface area contributed by atoms with Crippen LogP contribution in [0.2, 0.25) is 0 Å². The molecule has 0 amide bonds. The van der Waals surface area contributed by atoms with E-state index >= 15 is 0 Å². The van der Waals surface area contributed by atoms with Gasteiger partial charge in [0.2, 0.25) is 0 Å². The molecule has 0 radical (unpaired) electrons. The maximum atomic E-state index is 5.36. The van der Waals surface area contributed by atoms with Crippen LogP contribution < -0.4 is 5.73 Å². The zero-order valence-corrected chi connectivity index (χ0v) is 30.3. The van der Waals surface area contributed by atoms with Gasteiger partial charge in [0, 0.05) is 5.69 Å². The predicted octanol–water partition coefficient (Wildman–Crippen LogP) is 14.3. The Morgan fingerprint density at radius 1 is 0.333 bits per heavy atom. The van der Waals surface area contributed by atoms with Crippen molar-refractivity contribution in [2.24, 2.45) is 0 Å². The highest BCUT2D eigenvalue weighted by Gasteiger charge is 1.73. The summed E-state index contributed by atoms with van der Waals surface area (Å²) in [6, 6.07) is 42.0. The normalized spacial score (nSPS) is 7.19. The van der Waals surface area contributed by atoms with E-state index in [0.717, 1.165) is 5.69 Å². The Labute approximate surface area is 265 Å². The molecule has 0 spiro atoms. The van der Waals surface area contributed by atoms with Crippen LogP contribution in [-0.4, -0.2) is 0 Å². The molecule has 0 saturated carbocycles. The van der Waals surface area contributed by atoms with Gasteiger partial charge in [-0.25, -0.2) is 0 Å². The largest absolute Gasteiger partial charge is 0.399 e. The monoisotopic (exact) mass is 578 g/mol. The molecule has 42 heavy (non-hydrogen) atoms. The van der Waals surface area contributed by atoms with Gasteiger partial charge in [-0.3, -0.25) is 0 Å². The maximum Gasteiger partial charge on any atom is 0.0313 e. The molecule has 0 aromatic heterocycles. The summed E-state index contributed by atoms with van der Waals surface area (Å²) in [5.41, 5.74) is 8.82. The number of rotatable bonds is 0. The van der Waals surface area contributed by atoms with Gasteiger partial charge in [0.25, 0.3) is 0 Å². The molecule has 0 aliphatic rings. The summed E-state index contributed by atoms with van der Waals surface area (Å²) in [6.07, 6.45) is 3.75. The molecule has 2 N–H and O–H groups in total. The first kappa shape index (κ1) is 51.4. The van der Waals surface area contributed by atoms with Gasteiger partial charge in [-0.2, -0.15) is 0 Å². The highest BCUT2D eigenvalue weighted by atomic mass is 14.5. The Kier molecular flexibility index (Phi) is 70.5. The van der Waals surface area contributed by atoms with Crippen LogP contribution >= 0.6 is 0 Å². The van der Waals surface area contributed by atoms with E-state index in [1.165, 1.54) is 30.4 Å². The van der Waals surface area contributed by atoms with Crippen molar-refractivity contribution in [3.8, 4) is 0 Å². The van der Waals surface area contributed by atoms with Crippen LogP contribution in [0.15, 0.2) is 127 Å². The van der Waals surface area contributed by atoms with Gasteiger partial charge >= 0.3 is 0 Å². The maximum absolute atomic E-state index is 5.36. The van der Waals surface area contributed by atoms with E-state index in [1.807, 2.05) is 145 Å². The Morgan fingerprint density at radius 3 is 0.571 bits per heavy atom. The van der Waals surface area contributed by atoms with E-state index in [0.29, 0.717) is 0 Å². The third-order valence-electron chi connectivity index (χ3n) is 3.35. The summed E-state index contributed by atoms with van der Waals surface area (Å²) in [7, 11) is 0. The first-order chi connectivity index (χ1) is 20.4. The lowest BCUT2D eigenvalue weighted by molar-refractivity contribution is 1.09. The van der Waals surface area contributed by atoms with Crippen molar-refractivity contribution >= 4 is 5.69 Å². The van der Waals surface area contributed by atoms with Gasteiger partial charge in [0.05, 0.1) is 0 Å². The Balaban J connectivity index is -0.0000000896. The van der Waals surface area contributed by atoms with Crippen molar-refractivity contribution < 1.29 is 0 Å². The number of hydrogen-bond donors (Lipinski definition) is 1. The van der Waals surface area contributed by atoms with E-state index in [2.05, 4.69) is 79.7 Å². The molecule has 1 heteroatoms. The summed E-state index contributed by atoms with van der Waals surface area (Å²) in [6.45, 7) is 28.9. The molecule has 4 rings (SSSR count). The summed E-state index contributed by atoms with van der Waals surface area (Å²) < 4.78 is 0.